The van der Waals surface area contributed by atoms with Gasteiger partial charge in [-0.05, 0) is 31.0 Å². The van der Waals surface area contributed by atoms with Crippen LogP contribution in [0.15, 0.2) is 18.2 Å². The largest absolute Gasteiger partial charge is 0.504 e. The van der Waals surface area contributed by atoms with Gasteiger partial charge in [0.1, 0.15) is 5.00 Å². The van der Waals surface area contributed by atoms with E-state index in [1.54, 1.807) is 13.0 Å². The number of primary amides is 1. The number of carbonyl (C=O) groups excluding carboxylic acids is 2. The Morgan fingerprint density at radius 1 is 1.17 bits per heavy atom. The van der Waals surface area contributed by atoms with Gasteiger partial charge in [0.15, 0.2) is 11.5 Å². The number of rotatable bonds is 6. The van der Waals surface area contributed by atoms with Gasteiger partial charge in [-0.15, -0.1) is 11.3 Å². The summed E-state index contributed by atoms with van der Waals surface area (Å²) in [5, 5.41) is 12.9. The van der Waals surface area contributed by atoms with E-state index >= 15 is 0 Å². The quantitative estimate of drug-likeness (QED) is 0.573. The Balaban J connectivity index is 0.00000105. The standard InChI is InChI=1S/C15H16N2O5S.C5H12.C2H6/c1-7-4-9(13(16)19)15(23-7)17-14(20)8-5-10(18)12(22-3)11(6-8)21-2;1-4-5(2)3;1-2/h4-6,18H,1-3H3,(H2,16,19)(H,17,20);5H,4H2,1-3H3;1-2H3. The fourth-order valence-electron chi connectivity index (χ4n) is 2.04. The second kappa shape index (κ2) is 13.5. The highest BCUT2D eigenvalue weighted by molar-refractivity contribution is 7.16. The number of nitrogens with two attached hydrogens (primary N) is 1. The number of benzene rings is 1. The van der Waals surface area contributed by atoms with Crippen molar-refractivity contribution in [1.82, 2.24) is 0 Å². The summed E-state index contributed by atoms with van der Waals surface area (Å²) in [6.07, 6.45) is 1.31. The first-order valence-corrected chi connectivity index (χ1v) is 10.6. The Morgan fingerprint density at radius 2 is 1.73 bits per heavy atom. The number of phenolic OH excluding ortho intramolecular Hbond substituents is 1. The van der Waals surface area contributed by atoms with Crippen LogP contribution in [0, 0.1) is 12.8 Å². The summed E-state index contributed by atoms with van der Waals surface area (Å²) >= 11 is 1.24. The SMILES string of the molecule is CC.CCC(C)C.COc1cc(C(=O)Nc2sc(C)cc2C(N)=O)cc(O)c1OC. The van der Waals surface area contributed by atoms with Crippen molar-refractivity contribution in [2.75, 3.05) is 19.5 Å². The van der Waals surface area contributed by atoms with Crippen molar-refractivity contribution >= 4 is 28.2 Å². The van der Waals surface area contributed by atoms with Crippen LogP contribution in [-0.2, 0) is 0 Å². The zero-order chi connectivity index (χ0) is 23.4. The summed E-state index contributed by atoms with van der Waals surface area (Å²) in [4.78, 5) is 24.6. The number of hydrogen-bond donors (Lipinski definition) is 3. The molecule has 0 unspecified atom stereocenters. The molecule has 0 aliphatic carbocycles. The molecule has 1 aromatic carbocycles. The van der Waals surface area contributed by atoms with Crippen molar-refractivity contribution in [2.45, 2.75) is 48.0 Å². The van der Waals surface area contributed by atoms with Crippen LogP contribution < -0.4 is 20.5 Å². The maximum Gasteiger partial charge on any atom is 0.256 e. The van der Waals surface area contributed by atoms with Crippen molar-refractivity contribution in [3.63, 3.8) is 0 Å². The Bertz CT molecular complexity index is 831. The van der Waals surface area contributed by atoms with Crippen molar-refractivity contribution in [3.8, 4) is 17.2 Å². The van der Waals surface area contributed by atoms with Crippen LogP contribution in [-0.4, -0.2) is 31.1 Å². The minimum absolute atomic E-state index is 0.133. The minimum Gasteiger partial charge on any atom is -0.504 e. The molecule has 0 saturated heterocycles. The van der Waals surface area contributed by atoms with Crippen molar-refractivity contribution < 1.29 is 24.2 Å². The molecule has 1 aromatic heterocycles. The summed E-state index contributed by atoms with van der Waals surface area (Å²) in [7, 11) is 2.78. The minimum atomic E-state index is -0.625. The predicted octanol–water partition coefficient (Wildman–Crippen LogP) is 5.21. The monoisotopic (exact) mass is 438 g/mol. The zero-order valence-corrected chi connectivity index (χ0v) is 19.9. The molecule has 0 radical (unpaired) electrons. The summed E-state index contributed by atoms with van der Waals surface area (Å²) in [5.41, 5.74) is 5.69. The molecular weight excluding hydrogens is 404 g/mol. The lowest BCUT2D eigenvalue weighted by Crippen LogP contribution is -2.16. The number of amides is 2. The molecule has 0 bridgehead atoms. The molecule has 4 N–H and O–H groups in total. The summed E-state index contributed by atoms with van der Waals surface area (Å²) in [6, 6.07) is 4.29. The van der Waals surface area contributed by atoms with Gasteiger partial charge in [-0.1, -0.05) is 41.0 Å². The van der Waals surface area contributed by atoms with Crippen LogP contribution in [0.1, 0.15) is 66.6 Å². The highest BCUT2D eigenvalue weighted by Gasteiger charge is 2.19. The van der Waals surface area contributed by atoms with E-state index in [0.717, 1.165) is 10.8 Å². The van der Waals surface area contributed by atoms with Crippen LogP contribution in [0.4, 0.5) is 5.00 Å². The molecule has 0 atom stereocenters. The number of ether oxygens (including phenoxy) is 2. The summed E-state index contributed by atoms with van der Waals surface area (Å²) in [5.74, 6) is -0.126. The molecule has 2 aromatic rings. The number of anilines is 1. The fraction of sp³-hybridized carbons (Fsp3) is 0.455. The van der Waals surface area contributed by atoms with Crippen LogP contribution in [0.2, 0.25) is 0 Å². The molecule has 0 fully saturated rings. The molecule has 0 aliphatic rings. The molecule has 1 heterocycles. The molecule has 0 aliphatic heterocycles. The zero-order valence-electron chi connectivity index (χ0n) is 19.1. The van der Waals surface area contributed by atoms with Gasteiger partial charge in [0.2, 0.25) is 5.75 Å². The number of carbonyl (C=O) groups is 2. The summed E-state index contributed by atoms with van der Waals surface area (Å²) in [6.45, 7) is 12.4. The smallest absolute Gasteiger partial charge is 0.256 e. The van der Waals surface area contributed by atoms with Crippen LogP contribution >= 0.6 is 11.3 Å². The van der Waals surface area contributed by atoms with Crippen LogP contribution in [0.25, 0.3) is 0 Å². The lowest BCUT2D eigenvalue weighted by molar-refractivity contribution is 0.100. The number of thiophene rings is 1. The first-order chi connectivity index (χ1) is 14.1. The van der Waals surface area contributed by atoms with E-state index in [0.29, 0.717) is 5.00 Å². The maximum atomic E-state index is 12.4. The lowest BCUT2D eigenvalue weighted by atomic mass is 10.1. The number of phenols is 1. The molecule has 8 heteroatoms. The topological polar surface area (TPSA) is 111 Å². The summed E-state index contributed by atoms with van der Waals surface area (Å²) < 4.78 is 10.1. The average Bonchev–Trinajstić information content (AvgIpc) is 3.09. The van der Waals surface area contributed by atoms with Gasteiger partial charge in [0, 0.05) is 10.4 Å². The van der Waals surface area contributed by atoms with Gasteiger partial charge in [-0.3, -0.25) is 9.59 Å². The highest BCUT2D eigenvalue weighted by Crippen LogP contribution is 2.37. The number of nitrogens with one attached hydrogen (secondary N) is 1. The number of methoxy groups -OCH3 is 2. The van der Waals surface area contributed by atoms with Gasteiger partial charge >= 0.3 is 0 Å². The van der Waals surface area contributed by atoms with Crippen LogP contribution in [0.5, 0.6) is 17.2 Å². The van der Waals surface area contributed by atoms with Crippen molar-refractivity contribution in [2.24, 2.45) is 11.7 Å². The van der Waals surface area contributed by atoms with Crippen molar-refractivity contribution in [1.29, 1.82) is 0 Å². The third-order valence-electron chi connectivity index (χ3n) is 3.89. The molecule has 168 valence electrons. The van der Waals surface area contributed by atoms with Crippen LogP contribution in [0.3, 0.4) is 0 Å². The fourth-order valence-corrected chi connectivity index (χ4v) is 2.95. The van der Waals surface area contributed by atoms with Gasteiger partial charge < -0.3 is 25.6 Å². The van der Waals surface area contributed by atoms with Crippen molar-refractivity contribution in [3.05, 3.63) is 34.2 Å². The predicted molar refractivity (Wildman–Crippen MR) is 123 cm³/mol. The molecule has 0 spiro atoms. The van der Waals surface area contributed by atoms with Gasteiger partial charge in [-0.25, -0.2) is 0 Å². The Labute approximate surface area is 183 Å². The maximum absolute atomic E-state index is 12.4. The lowest BCUT2D eigenvalue weighted by Gasteiger charge is -2.11. The molecule has 0 saturated carbocycles. The first-order valence-electron chi connectivity index (χ1n) is 9.81. The number of aryl methyl sites for hydroxylation is 1. The Morgan fingerprint density at radius 3 is 2.17 bits per heavy atom. The normalized spacial score (nSPS) is 9.63. The average molecular weight is 439 g/mol. The third-order valence-corrected chi connectivity index (χ3v) is 4.85. The van der Waals surface area contributed by atoms with E-state index in [9.17, 15) is 14.7 Å². The van der Waals surface area contributed by atoms with E-state index in [4.69, 9.17) is 15.2 Å². The Hall–Kier alpha value is -2.74. The third kappa shape index (κ3) is 7.94. The molecule has 30 heavy (non-hydrogen) atoms. The molecule has 2 amide bonds. The van der Waals surface area contributed by atoms with E-state index in [1.165, 1.54) is 44.1 Å². The van der Waals surface area contributed by atoms with Gasteiger partial charge in [-0.2, -0.15) is 0 Å². The Kier molecular flexibility index (Phi) is 12.2. The molecule has 7 nitrogen and oxygen atoms in total. The van der Waals surface area contributed by atoms with E-state index < -0.39 is 11.8 Å². The molecule has 2 rings (SSSR count). The van der Waals surface area contributed by atoms with E-state index in [2.05, 4.69) is 26.1 Å². The van der Waals surface area contributed by atoms with E-state index in [1.807, 2.05) is 13.8 Å². The van der Waals surface area contributed by atoms with Gasteiger partial charge in [0.25, 0.3) is 11.8 Å². The second-order valence-corrected chi connectivity index (χ2v) is 7.71. The second-order valence-electron chi connectivity index (χ2n) is 6.45. The number of aromatic hydroxyl groups is 1. The first kappa shape index (κ1) is 27.3. The van der Waals surface area contributed by atoms with E-state index in [-0.39, 0.29) is 28.4 Å². The van der Waals surface area contributed by atoms with Gasteiger partial charge in [0.05, 0.1) is 19.8 Å². The highest BCUT2D eigenvalue weighted by atomic mass is 32.1. The molecular formula is C22H34N2O5S. The number of hydrogen-bond acceptors (Lipinski definition) is 6.